The van der Waals surface area contributed by atoms with E-state index in [4.69, 9.17) is 5.11 Å². The first-order chi connectivity index (χ1) is 13.4. The number of hydrogen-bond donors (Lipinski definition) is 2. The lowest BCUT2D eigenvalue weighted by atomic mass is 10.1. The van der Waals surface area contributed by atoms with E-state index < -0.39 is 5.97 Å². The number of aryl methyl sites for hydroxylation is 1. The van der Waals surface area contributed by atoms with Crippen molar-refractivity contribution in [3.05, 3.63) is 58.9 Å². The van der Waals surface area contributed by atoms with Crippen molar-refractivity contribution < 1.29 is 14.7 Å². The molecular weight excluding hydrogens is 356 g/mol. The largest absolute Gasteiger partial charge is 0.478 e. The summed E-state index contributed by atoms with van der Waals surface area (Å²) < 4.78 is 1.86. The van der Waals surface area contributed by atoms with Gasteiger partial charge in [-0.15, -0.1) is 0 Å². The standard InChI is InChI=1S/C21H24N4O3/c1-4-14(3)25-19-18(12-23-25)17(10-13(2)24-19)20(26)22-9-8-15-6-5-7-16(11-15)21(27)28/h5-7,10-12,14H,4,8-9H2,1-3H3,(H,22,26)(H,27,28). The van der Waals surface area contributed by atoms with Crippen LogP contribution in [0.5, 0.6) is 0 Å². The fraction of sp³-hybridized carbons (Fsp3) is 0.333. The molecule has 0 aliphatic rings. The van der Waals surface area contributed by atoms with Crippen LogP contribution in [0.4, 0.5) is 0 Å². The van der Waals surface area contributed by atoms with Crippen LogP contribution in [0.2, 0.25) is 0 Å². The number of benzene rings is 1. The number of fused-ring (bicyclic) bond motifs is 1. The molecule has 28 heavy (non-hydrogen) atoms. The maximum absolute atomic E-state index is 12.8. The first-order valence-electron chi connectivity index (χ1n) is 9.36. The third-order valence-corrected chi connectivity index (χ3v) is 4.82. The van der Waals surface area contributed by atoms with E-state index in [0.717, 1.165) is 23.1 Å². The summed E-state index contributed by atoms with van der Waals surface area (Å²) in [6.45, 7) is 6.42. The molecule has 2 N–H and O–H groups in total. The molecule has 0 saturated carbocycles. The van der Waals surface area contributed by atoms with Crippen LogP contribution in [0.1, 0.15) is 58.3 Å². The van der Waals surface area contributed by atoms with Crippen LogP contribution in [-0.2, 0) is 6.42 Å². The Morgan fingerprint density at radius 1 is 1.29 bits per heavy atom. The molecule has 0 spiro atoms. The number of nitrogens with one attached hydrogen (secondary N) is 1. The number of carboxylic acid groups (broad SMARTS) is 1. The summed E-state index contributed by atoms with van der Waals surface area (Å²) in [4.78, 5) is 28.4. The Hall–Kier alpha value is -3.22. The molecule has 1 amide bonds. The van der Waals surface area contributed by atoms with E-state index in [1.165, 1.54) is 0 Å². The molecule has 146 valence electrons. The molecule has 2 heterocycles. The van der Waals surface area contributed by atoms with Gasteiger partial charge in [-0.05, 0) is 50.5 Å². The molecule has 3 aromatic rings. The molecule has 0 bridgehead atoms. The van der Waals surface area contributed by atoms with Crippen molar-refractivity contribution in [3.63, 3.8) is 0 Å². The van der Waals surface area contributed by atoms with E-state index in [-0.39, 0.29) is 17.5 Å². The highest BCUT2D eigenvalue weighted by Crippen LogP contribution is 2.22. The third-order valence-electron chi connectivity index (χ3n) is 4.82. The van der Waals surface area contributed by atoms with E-state index in [9.17, 15) is 9.59 Å². The maximum atomic E-state index is 12.8. The summed E-state index contributed by atoms with van der Waals surface area (Å²) in [7, 11) is 0. The monoisotopic (exact) mass is 380 g/mol. The Bertz CT molecular complexity index is 1030. The van der Waals surface area contributed by atoms with Gasteiger partial charge in [-0.3, -0.25) is 4.79 Å². The van der Waals surface area contributed by atoms with Gasteiger partial charge in [-0.2, -0.15) is 5.10 Å². The van der Waals surface area contributed by atoms with Gasteiger partial charge in [0.05, 0.1) is 28.8 Å². The number of nitrogens with zero attached hydrogens (tertiary/aromatic N) is 3. The van der Waals surface area contributed by atoms with Crippen LogP contribution in [0.3, 0.4) is 0 Å². The summed E-state index contributed by atoms with van der Waals surface area (Å²) in [6, 6.07) is 8.70. The number of hydrogen-bond acceptors (Lipinski definition) is 4. The van der Waals surface area contributed by atoms with Crippen LogP contribution in [0, 0.1) is 6.92 Å². The summed E-state index contributed by atoms with van der Waals surface area (Å²) in [5, 5.41) is 17.1. The van der Waals surface area contributed by atoms with Gasteiger partial charge >= 0.3 is 5.97 Å². The van der Waals surface area contributed by atoms with E-state index in [1.54, 1.807) is 30.5 Å². The van der Waals surface area contributed by atoms with Crippen molar-refractivity contribution in [2.75, 3.05) is 6.54 Å². The highest BCUT2D eigenvalue weighted by atomic mass is 16.4. The second-order valence-electron chi connectivity index (χ2n) is 6.91. The van der Waals surface area contributed by atoms with Gasteiger partial charge in [0.15, 0.2) is 5.65 Å². The summed E-state index contributed by atoms with van der Waals surface area (Å²) in [6.07, 6.45) is 3.16. The van der Waals surface area contributed by atoms with Gasteiger partial charge in [-0.25, -0.2) is 14.5 Å². The van der Waals surface area contributed by atoms with E-state index in [0.29, 0.717) is 24.2 Å². The van der Waals surface area contributed by atoms with Gasteiger partial charge in [0.2, 0.25) is 0 Å². The lowest BCUT2D eigenvalue weighted by Gasteiger charge is -2.11. The SMILES string of the molecule is CCC(C)n1ncc2c(C(=O)NCCc3cccc(C(=O)O)c3)cc(C)nc21. The number of amides is 1. The van der Waals surface area contributed by atoms with Crippen LogP contribution in [0.25, 0.3) is 11.0 Å². The molecule has 0 radical (unpaired) electrons. The molecule has 7 nitrogen and oxygen atoms in total. The van der Waals surface area contributed by atoms with Gasteiger partial charge in [-0.1, -0.05) is 19.1 Å². The quantitative estimate of drug-likeness (QED) is 0.655. The predicted molar refractivity (Wildman–Crippen MR) is 107 cm³/mol. The van der Waals surface area contributed by atoms with Gasteiger partial charge in [0, 0.05) is 12.2 Å². The van der Waals surface area contributed by atoms with E-state index in [2.05, 4.69) is 29.2 Å². The number of rotatable bonds is 7. The van der Waals surface area contributed by atoms with Crippen molar-refractivity contribution in [1.82, 2.24) is 20.1 Å². The average molecular weight is 380 g/mol. The summed E-state index contributed by atoms with van der Waals surface area (Å²) in [5.74, 6) is -1.15. The first-order valence-corrected chi connectivity index (χ1v) is 9.36. The first kappa shape index (κ1) is 19.5. The van der Waals surface area contributed by atoms with E-state index in [1.807, 2.05) is 17.7 Å². The zero-order chi connectivity index (χ0) is 20.3. The van der Waals surface area contributed by atoms with Crippen molar-refractivity contribution in [1.29, 1.82) is 0 Å². The molecule has 1 aromatic carbocycles. The zero-order valence-electron chi connectivity index (χ0n) is 16.3. The van der Waals surface area contributed by atoms with Crippen molar-refractivity contribution in [2.24, 2.45) is 0 Å². The molecule has 0 saturated heterocycles. The normalized spacial score (nSPS) is 12.1. The van der Waals surface area contributed by atoms with Gasteiger partial charge < -0.3 is 10.4 Å². The van der Waals surface area contributed by atoms with Crippen molar-refractivity contribution in [3.8, 4) is 0 Å². The number of aromatic nitrogens is 3. The molecule has 2 aromatic heterocycles. The Kier molecular flexibility index (Phi) is 5.73. The highest BCUT2D eigenvalue weighted by molar-refractivity contribution is 6.05. The Morgan fingerprint density at radius 2 is 2.07 bits per heavy atom. The summed E-state index contributed by atoms with van der Waals surface area (Å²) in [5.41, 5.74) is 3.13. The maximum Gasteiger partial charge on any atom is 0.335 e. The minimum absolute atomic E-state index is 0.186. The third kappa shape index (κ3) is 4.03. The van der Waals surface area contributed by atoms with Crippen molar-refractivity contribution in [2.45, 2.75) is 39.7 Å². The van der Waals surface area contributed by atoms with Crippen LogP contribution >= 0.6 is 0 Å². The smallest absolute Gasteiger partial charge is 0.335 e. The number of pyridine rings is 1. The van der Waals surface area contributed by atoms with Gasteiger partial charge in [0.25, 0.3) is 5.91 Å². The number of carboxylic acids is 1. The number of aromatic carboxylic acids is 1. The van der Waals surface area contributed by atoms with Crippen LogP contribution in [-0.4, -0.2) is 38.3 Å². The predicted octanol–water partition coefficient (Wildman–Crippen LogP) is 3.38. The lowest BCUT2D eigenvalue weighted by Crippen LogP contribution is -2.26. The molecule has 1 unspecified atom stereocenters. The number of carbonyl (C=O) groups is 2. The molecule has 3 rings (SSSR count). The summed E-state index contributed by atoms with van der Waals surface area (Å²) >= 11 is 0. The molecular formula is C21H24N4O3. The zero-order valence-corrected chi connectivity index (χ0v) is 16.3. The molecule has 0 aliphatic carbocycles. The van der Waals surface area contributed by atoms with Crippen LogP contribution < -0.4 is 5.32 Å². The number of carbonyl (C=O) groups excluding carboxylic acids is 1. The molecule has 7 heteroatoms. The lowest BCUT2D eigenvalue weighted by molar-refractivity contribution is 0.0696. The Balaban J connectivity index is 1.76. The minimum atomic E-state index is -0.959. The molecule has 0 fully saturated rings. The minimum Gasteiger partial charge on any atom is -0.478 e. The Labute approximate surface area is 163 Å². The van der Waals surface area contributed by atoms with Crippen LogP contribution in [0.15, 0.2) is 36.5 Å². The van der Waals surface area contributed by atoms with Gasteiger partial charge in [0.1, 0.15) is 0 Å². The topological polar surface area (TPSA) is 97.1 Å². The fourth-order valence-electron chi connectivity index (χ4n) is 3.10. The highest BCUT2D eigenvalue weighted by Gasteiger charge is 2.17. The molecule has 0 aliphatic heterocycles. The second kappa shape index (κ2) is 8.21. The second-order valence-corrected chi connectivity index (χ2v) is 6.91. The average Bonchev–Trinajstić information content (AvgIpc) is 3.10. The Morgan fingerprint density at radius 3 is 2.79 bits per heavy atom. The van der Waals surface area contributed by atoms with Crippen molar-refractivity contribution >= 4 is 22.9 Å². The fourth-order valence-corrected chi connectivity index (χ4v) is 3.10. The van der Waals surface area contributed by atoms with E-state index >= 15 is 0 Å². The molecule has 1 atom stereocenters.